The van der Waals surface area contributed by atoms with Crippen LogP contribution in [0.5, 0.6) is 0 Å². The molecule has 0 aliphatic heterocycles. The van der Waals surface area contributed by atoms with Crippen LogP contribution in [-0.4, -0.2) is 40.1 Å². The second-order valence-electron chi connectivity index (χ2n) is 7.44. The Morgan fingerprint density at radius 1 is 1.15 bits per heavy atom. The summed E-state index contributed by atoms with van der Waals surface area (Å²) in [6, 6.07) is 7.76. The van der Waals surface area contributed by atoms with Gasteiger partial charge in [0.15, 0.2) is 0 Å². The van der Waals surface area contributed by atoms with Crippen LogP contribution >= 0.6 is 12.4 Å². The Balaban J connectivity index is 0.00000338. The summed E-state index contributed by atoms with van der Waals surface area (Å²) in [6.45, 7) is 8.34. The molecule has 0 saturated carbocycles. The number of carbonyl (C=O) groups excluding carboxylic acids is 1. The molecule has 0 aliphatic rings. The molecular weight excluding hydrogens is 352 g/mol. The summed E-state index contributed by atoms with van der Waals surface area (Å²) >= 11 is 0. The molecule has 0 bridgehead atoms. The van der Waals surface area contributed by atoms with Crippen LogP contribution in [-0.2, 0) is 17.9 Å². The van der Waals surface area contributed by atoms with Crippen molar-refractivity contribution in [3.8, 4) is 0 Å². The smallest absolute Gasteiger partial charge is 0.329 e. The van der Waals surface area contributed by atoms with Crippen LogP contribution in [0.25, 0.3) is 11.0 Å². The SMILES string of the molecule is CCCn1c(=O)n(CCC(=O)N(C)CC(C)(C)CN)c2ccccc21.Cl. The zero-order valence-corrected chi connectivity index (χ0v) is 17.0. The van der Waals surface area contributed by atoms with Crippen molar-refractivity contribution in [3.05, 3.63) is 34.7 Å². The van der Waals surface area contributed by atoms with Gasteiger partial charge in [0, 0.05) is 33.1 Å². The highest BCUT2D eigenvalue weighted by Gasteiger charge is 2.21. The van der Waals surface area contributed by atoms with Crippen molar-refractivity contribution >= 4 is 29.3 Å². The van der Waals surface area contributed by atoms with Crippen molar-refractivity contribution < 1.29 is 4.79 Å². The topological polar surface area (TPSA) is 73.3 Å². The van der Waals surface area contributed by atoms with E-state index in [9.17, 15) is 9.59 Å². The number of para-hydroxylation sites is 2. The first-order chi connectivity index (χ1) is 11.8. The van der Waals surface area contributed by atoms with E-state index in [1.165, 1.54) is 0 Å². The van der Waals surface area contributed by atoms with Crippen LogP contribution in [0, 0.1) is 5.41 Å². The van der Waals surface area contributed by atoms with Gasteiger partial charge < -0.3 is 10.6 Å². The van der Waals surface area contributed by atoms with E-state index in [4.69, 9.17) is 5.73 Å². The van der Waals surface area contributed by atoms with Crippen molar-refractivity contribution in [2.75, 3.05) is 20.1 Å². The summed E-state index contributed by atoms with van der Waals surface area (Å²) < 4.78 is 3.51. The van der Waals surface area contributed by atoms with Gasteiger partial charge in [0.05, 0.1) is 11.0 Å². The Kier molecular flexibility index (Phi) is 7.90. The van der Waals surface area contributed by atoms with E-state index in [0.29, 0.717) is 32.6 Å². The van der Waals surface area contributed by atoms with E-state index in [2.05, 4.69) is 6.92 Å². The molecule has 146 valence electrons. The largest absolute Gasteiger partial charge is 0.345 e. The van der Waals surface area contributed by atoms with Crippen LogP contribution in [0.3, 0.4) is 0 Å². The maximum atomic E-state index is 12.7. The first-order valence-electron chi connectivity index (χ1n) is 8.93. The quantitative estimate of drug-likeness (QED) is 0.762. The fourth-order valence-corrected chi connectivity index (χ4v) is 3.12. The molecule has 26 heavy (non-hydrogen) atoms. The molecule has 1 amide bonds. The van der Waals surface area contributed by atoms with Gasteiger partial charge in [0.1, 0.15) is 0 Å². The molecule has 0 unspecified atom stereocenters. The van der Waals surface area contributed by atoms with Crippen LogP contribution in [0.4, 0.5) is 0 Å². The summed E-state index contributed by atoms with van der Waals surface area (Å²) in [7, 11) is 1.79. The highest BCUT2D eigenvalue weighted by molar-refractivity contribution is 5.85. The molecule has 1 aromatic heterocycles. The average Bonchev–Trinajstić information content (AvgIpc) is 2.85. The molecule has 1 aromatic carbocycles. The lowest BCUT2D eigenvalue weighted by Crippen LogP contribution is -2.40. The van der Waals surface area contributed by atoms with Gasteiger partial charge in [-0.25, -0.2) is 4.79 Å². The standard InChI is InChI=1S/C19H30N4O2.ClH/c1-5-11-22-15-8-6-7-9-16(15)23(18(22)25)12-10-17(24)21(4)14-19(2,3)13-20;/h6-9H,5,10-14,20H2,1-4H3;1H. The second-order valence-corrected chi connectivity index (χ2v) is 7.44. The van der Waals surface area contributed by atoms with E-state index in [0.717, 1.165) is 17.5 Å². The summed E-state index contributed by atoms with van der Waals surface area (Å²) in [4.78, 5) is 26.9. The Bertz CT molecular complexity index is 794. The summed E-state index contributed by atoms with van der Waals surface area (Å²) in [5.74, 6) is 0.0285. The van der Waals surface area contributed by atoms with Crippen LogP contribution in [0.1, 0.15) is 33.6 Å². The first-order valence-corrected chi connectivity index (χ1v) is 8.93. The molecule has 0 spiro atoms. The number of hydrogen-bond donors (Lipinski definition) is 1. The van der Waals surface area contributed by atoms with E-state index >= 15 is 0 Å². The van der Waals surface area contributed by atoms with Crippen molar-refractivity contribution in [1.82, 2.24) is 14.0 Å². The van der Waals surface area contributed by atoms with Gasteiger partial charge in [0.25, 0.3) is 0 Å². The van der Waals surface area contributed by atoms with Gasteiger partial charge in [0.2, 0.25) is 5.91 Å². The molecule has 6 nitrogen and oxygen atoms in total. The number of benzene rings is 1. The van der Waals surface area contributed by atoms with Gasteiger partial charge in [-0.15, -0.1) is 12.4 Å². The van der Waals surface area contributed by atoms with Gasteiger partial charge in [-0.05, 0) is 30.5 Å². The highest BCUT2D eigenvalue weighted by Crippen LogP contribution is 2.16. The van der Waals surface area contributed by atoms with E-state index in [1.807, 2.05) is 38.1 Å². The maximum absolute atomic E-state index is 12.7. The number of fused-ring (bicyclic) bond motifs is 1. The molecule has 1 heterocycles. The Labute approximate surface area is 161 Å². The Morgan fingerprint density at radius 3 is 2.19 bits per heavy atom. The Morgan fingerprint density at radius 2 is 1.69 bits per heavy atom. The van der Waals surface area contributed by atoms with Crippen LogP contribution < -0.4 is 11.4 Å². The van der Waals surface area contributed by atoms with Gasteiger partial charge in [-0.2, -0.15) is 0 Å². The van der Waals surface area contributed by atoms with E-state index < -0.39 is 0 Å². The number of halogens is 1. The van der Waals surface area contributed by atoms with Gasteiger partial charge in [-0.3, -0.25) is 13.9 Å². The maximum Gasteiger partial charge on any atom is 0.329 e. The average molecular weight is 383 g/mol. The number of amides is 1. The lowest BCUT2D eigenvalue weighted by Gasteiger charge is -2.29. The lowest BCUT2D eigenvalue weighted by atomic mass is 9.93. The minimum atomic E-state index is -0.113. The van der Waals surface area contributed by atoms with Crippen LogP contribution in [0.15, 0.2) is 29.1 Å². The van der Waals surface area contributed by atoms with Gasteiger partial charge >= 0.3 is 5.69 Å². The molecular formula is C19H31ClN4O2. The molecule has 7 heteroatoms. The molecule has 0 aliphatic carbocycles. The van der Waals surface area contributed by atoms with Crippen molar-refractivity contribution in [3.63, 3.8) is 0 Å². The number of carbonyl (C=O) groups is 1. The fraction of sp³-hybridized carbons (Fsp3) is 0.579. The minimum absolute atomic E-state index is 0. The van der Waals surface area contributed by atoms with Crippen molar-refractivity contribution in [2.45, 2.75) is 46.7 Å². The predicted octanol–water partition coefficient (Wildman–Crippen LogP) is 2.47. The number of rotatable bonds is 8. The summed E-state index contributed by atoms with van der Waals surface area (Å²) in [5.41, 5.74) is 7.41. The summed E-state index contributed by atoms with van der Waals surface area (Å²) in [5, 5.41) is 0. The molecule has 0 fully saturated rings. The third-order valence-corrected chi connectivity index (χ3v) is 4.57. The number of nitrogens with two attached hydrogens (primary N) is 1. The molecule has 2 N–H and O–H groups in total. The van der Waals surface area contributed by atoms with Crippen molar-refractivity contribution in [2.24, 2.45) is 11.1 Å². The molecule has 0 atom stereocenters. The normalized spacial score (nSPS) is 11.4. The van der Waals surface area contributed by atoms with E-state index in [1.54, 1.807) is 21.1 Å². The lowest BCUT2D eigenvalue weighted by molar-refractivity contribution is -0.131. The second kappa shape index (κ2) is 9.24. The fourth-order valence-electron chi connectivity index (χ4n) is 3.12. The number of imidazole rings is 1. The zero-order chi connectivity index (χ0) is 18.6. The Hall–Kier alpha value is -1.79. The molecule has 0 saturated heterocycles. The number of nitrogens with zero attached hydrogens (tertiary/aromatic N) is 3. The molecule has 2 rings (SSSR count). The third kappa shape index (κ3) is 4.89. The van der Waals surface area contributed by atoms with Gasteiger partial charge in [-0.1, -0.05) is 32.9 Å². The number of aryl methyl sites for hydroxylation is 2. The van der Waals surface area contributed by atoms with E-state index in [-0.39, 0.29) is 29.4 Å². The monoisotopic (exact) mass is 382 g/mol. The molecule has 0 radical (unpaired) electrons. The number of hydrogen-bond acceptors (Lipinski definition) is 3. The number of aromatic nitrogens is 2. The zero-order valence-electron chi connectivity index (χ0n) is 16.2. The summed E-state index contributed by atoms with van der Waals surface area (Å²) in [6.07, 6.45) is 1.20. The van der Waals surface area contributed by atoms with Crippen LogP contribution in [0.2, 0.25) is 0 Å². The van der Waals surface area contributed by atoms with Crippen molar-refractivity contribution in [1.29, 1.82) is 0 Å². The highest BCUT2D eigenvalue weighted by atomic mass is 35.5. The third-order valence-electron chi connectivity index (χ3n) is 4.57. The first kappa shape index (κ1) is 22.3. The molecule has 2 aromatic rings. The minimum Gasteiger partial charge on any atom is -0.345 e. The predicted molar refractivity (Wildman–Crippen MR) is 109 cm³/mol.